The molecule has 26 heavy (non-hydrogen) atoms. The van der Waals surface area contributed by atoms with Gasteiger partial charge in [0.25, 0.3) is 5.91 Å². The van der Waals surface area contributed by atoms with E-state index in [9.17, 15) is 14.4 Å². The van der Waals surface area contributed by atoms with Gasteiger partial charge >= 0.3 is 5.97 Å². The summed E-state index contributed by atoms with van der Waals surface area (Å²) in [6, 6.07) is 2.36. The molecule has 0 fully saturated rings. The summed E-state index contributed by atoms with van der Waals surface area (Å²) in [4.78, 5) is 40.3. The van der Waals surface area contributed by atoms with E-state index in [0.717, 1.165) is 0 Å². The largest absolute Gasteiger partial charge is 0.466 e. The van der Waals surface area contributed by atoms with Crippen LogP contribution in [0.1, 0.15) is 37.0 Å². The summed E-state index contributed by atoms with van der Waals surface area (Å²) in [5.41, 5.74) is 0.518. The minimum Gasteiger partial charge on any atom is -0.466 e. The Morgan fingerprint density at radius 3 is 2.73 bits per heavy atom. The number of esters is 1. The molecule has 0 aromatic carbocycles. The molecule has 0 aliphatic carbocycles. The maximum atomic E-state index is 12.5. The van der Waals surface area contributed by atoms with Crippen molar-refractivity contribution in [3.63, 3.8) is 0 Å². The first-order valence-corrected chi connectivity index (χ1v) is 9.04. The van der Waals surface area contributed by atoms with E-state index >= 15 is 0 Å². The van der Waals surface area contributed by atoms with Crippen LogP contribution in [0.15, 0.2) is 28.2 Å². The van der Waals surface area contributed by atoms with Crippen molar-refractivity contribution in [2.24, 2.45) is 5.92 Å². The summed E-state index contributed by atoms with van der Waals surface area (Å²) in [5.74, 6) is -1.24. The molecule has 2 rings (SSSR count). The summed E-state index contributed by atoms with van der Waals surface area (Å²) in [5, 5.41) is 7.36. The molecule has 0 radical (unpaired) electrons. The van der Waals surface area contributed by atoms with Crippen LogP contribution in [0.5, 0.6) is 0 Å². The van der Waals surface area contributed by atoms with Crippen LogP contribution in [0.3, 0.4) is 0 Å². The number of amides is 2. The van der Waals surface area contributed by atoms with E-state index in [1.165, 1.54) is 23.7 Å². The predicted molar refractivity (Wildman–Crippen MR) is 95.9 cm³/mol. The Balaban J connectivity index is 1.98. The number of hydrogen-bond donors (Lipinski definition) is 2. The fraction of sp³-hybridized carbons (Fsp3) is 0.412. The van der Waals surface area contributed by atoms with Gasteiger partial charge in [0.05, 0.1) is 25.0 Å². The van der Waals surface area contributed by atoms with Crippen LogP contribution >= 0.6 is 11.3 Å². The number of ether oxygens (including phenoxy) is 1. The molecule has 2 N–H and O–H groups in total. The van der Waals surface area contributed by atoms with Gasteiger partial charge in [0.1, 0.15) is 6.04 Å². The monoisotopic (exact) mass is 379 g/mol. The number of carbonyl (C=O) groups excluding carboxylic acids is 3. The van der Waals surface area contributed by atoms with Gasteiger partial charge in [0.2, 0.25) is 5.91 Å². The highest BCUT2D eigenvalue weighted by atomic mass is 32.1. The standard InChI is InChI=1S/C17H21N3O5S/c1-4-24-13(21)8-11-9-26-17(18-11)20-16(23)14(10(2)3)19-15(22)12-6-5-7-25-12/h5-7,9-10,14H,4,8H2,1-3H3,(H,19,22)(H,18,20,23)/t14-/m0/s1. The molecule has 0 unspecified atom stereocenters. The average molecular weight is 379 g/mol. The van der Waals surface area contributed by atoms with E-state index in [1.807, 2.05) is 13.8 Å². The lowest BCUT2D eigenvalue weighted by molar-refractivity contribution is -0.142. The Bertz CT molecular complexity index is 754. The molecule has 2 aromatic rings. The normalized spacial score (nSPS) is 11.8. The van der Waals surface area contributed by atoms with Crippen molar-refractivity contribution >= 4 is 34.3 Å². The number of nitrogens with one attached hydrogen (secondary N) is 2. The number of anilines is 1. The van der Waals surface area contributed by atoms with Crippen LogP contribution in [0, 0.1) is 5.92 Å². The fourth-order valence-electron chi connectivity index (χ4n) is 2.14. The second-order valence-electron chi connectivity index (χ2n) is 5.79. The predicted octanol–water partition coefficient (Wildman–Crippen LogP) is 2.23. The Kier molecular flexibility index (Phi) is 6.90. The van der Waals surface area contributed by atoms with E-state index < -0.39 is 17.9 Å². The number of hydrogen-bond acceptors (Lipinski definition) is 7. The summed E-state index contributed by atoms with van der Waals surface area (Å²) < 4.78 is 9.90. The van der Waals surface area contributed by atoms with Crippen LogP contribution in [-0.2, 0) is 20.7 Å². The van der Waals surface area contributed by atoms with Gasteiger partial charge in [-0.25, -0.2) is 4.98 Å². The maximum absolute atomic E-state index is 12.5. The molecule has 0 saturated carbocycles. The lowest BCUT2D eigenvalue weighted by Crippen LogP contribution is -2.47. The third-order valence-electron chi connectivity index (χ3n) is 3.39. The lowest BCUT2D eigenvalue weighted by atomic mass is 10.0. The molecule has 8 nitrogen and oxygen atoms in total. The highest BCUT2D eigenvalue weighted by Crippen LogP contribution is 2.17. The number of furan rings is 1. The van der Waals surface area contributed by atoms with Gasteiger partial charge in [-0.05, 0) is 25.0 Å². The van der Waals surface area contributed by atoms with Crippen molar-refractivity contribution in [1.29, 1.82) is 0 Å². The van der Waals surface area contributed by atoms with E-state index in [1.54, 1.807) is 18.4 Å². The zero-order chi connectivity index (χ0) is 19.1. The van der Waals surface area contributed by atoms with Gasteiger partial charge in [-0.2, -0.15) is 0 Å². The summed E-state index contributed by atoms with van der Waals surface area (Å²) in [7, 11) is 0. The van der Waals surface area contributed by atoms with Crippen molar-refractivity contribution in [3.05, 3.63) is 35.2 Å². The molecule has 1 atom stereocenters. The van der Waals surface area contributed by atoms with Gasteiger partial charge in [-0.15, -0.1) is 11.3 Å². The molecular weight excluding hydrogens is 358 g/mol. The molecule has 2 heterocycles. The van der Waals surface area contributed by atoms with Crippen LogP contribution in [0.2, 0.25) is 0 Å². The summed E-state index contributed by atoms with van der Waals surface area (Å²) in [6.07, 6.45) is 1.43. The number of thiazole rings is 1. The van der Waals surface area contributed by atoms with Gasteiger partial charge in [-0.1, -0.05) is 13.8 Å². The Morgan fingerprint density at radius 2 is 2.12 bits per heavy atom. The SMILES string of the molecule is CCOC(=O)Cc1csc(NC(=O)[C@@H](NC(=O)c2ccco2)C(C)C)n1. The van der Waals surface area contributed by atoms with Gasteiger partial charge < -0.3 is 19.8 Å². The third kappa shape index (κ3) is 5.41. The van der Waals surface area contributed by atoms with Crippen molar-refractivity contribution in [3.8, 4) is 0 Å². The zero-order valence-corrected chi connectivity index (χ0v) is 15.6. The summed E-state index contributed by atoms with van der Waals surface area (Å²) in [6.45, 7) is 5.67. The van der Waals surface area contributed by atoms with E-state index in [0.29, 0.717) is 17.4 Å². The minimum atomic E-state index is -0.759. The first kappa shape index (κ1) is 19.6. The smallest absolute Gasteiger partial charge is 0.311 e. The molecule has 0 aliphatic rings. The molecule has 0 saturated heterocycles. The Hall–Kier alpha value is -2.68. The minimum absolute atomic E-state index is 0.0447. The number of nitrogens with zero attached hydrogens (tertiary/aromatic N) is 1. The molecule has 140 valence electrons. The molecule has 0 bridgehead atoms. The third-order valence-corrected chi connectivity index (χ3v) is 4.20. The van der Waals surface area contributed by atoms with Crippen LogP contribution in [0.4, 0.5) is 5.13 Å². The Labute approximate surface area is 154 Å². The lowest BCUT2D eigenvalue weighted by Gasteiger charge is -2.20. The fourth-order valence-corrected chi connectivity index (χ4v) is 2.86. The van der Waals surface area contributed by atoms with Crippen molar-refractivity contribution in [2.75, 3.05) is 11.9 Å². The molecule has 0 spiro atoms. The molecule has 9 heteroatoms. The van der Waals surface area contributed by atoms with Crippen LogP contribution in [0.25, 0.3) is 0 Å². The second kappa shape index (κ2) is 9.14. The van der Waals surface area contributed by atoms with E-state index in [-0.39, 0.29) is 24.1 Å². The number of carbonyl (C=O) groups is 3. The Morgan fingerprint density at radius 1 is 1.35 bits per heavy atom. The first-order chi connectivity index (χ1) is 12.4. The van der Waals surface area contributed by atoms with Crippen LogP contribution < -0.4 is 10.6 Å². The molecule has 2 amide bonds. The van der Waals surface area contributed by atoms with Gasteiger partial charge in [-0.3, -0.25) is 14.4 Å². The zero-order valence-electron chi connectivity index (χ0n) is 14.8. The van der Waals surface area contributed by atoms with E-state index in [2.05, 4.69) is 15.6 Å². The highest BCUT2D eigenvalue weighted by molar-refractivity contribution is 7.13. The molecular formula is C17H21N3O5S. The second-order valence-corrected chi connectivity index (χ2v) is 6.65. The maximum Gasteiger partial charge on any atom is 0.311 e. The van der Waals surface area contributed by atoms with Crippen LogP contribution in [-0.4, -0.2) is 35.4 Å². The summed E-state index contributed by atoms with van der Waals surface area (Å²) >= 11 is 1.20. The van der Waals surface area contributed by atoms with Crippen molar-refractivity contribution in [2.45, 2.75) is 33.2 Å². The number of rotatable bonds is 8. The first-order valence-electron chi connectivity index (χ1n) is 8.16. The topological polar surface area (TPSA) is 111 Å². The molecule has 2 aromatic heterocycles. The quantitative estimate of drug-likeness (QED) is 0.681. The number of aromatic nitrogens is 1. The molecule has 0 aliphatic heterocycles. The van der Waals surface area contributed by atoms with Crippen molar-refractivity contribution in [1.82, 2.24) is 10.3 Å². The highest BCUT2D eigenvalue weighted by Gasteiger charge is 2.26. The van der Waals surface area contributed by atoms with Gasteiger partial charge in [0.15, 0.2) is 10.9 Å². The van der Waals surface area contributed by atoms with E-state index in [4.69, 9.17) is 9.15 Å². The van der Waals surface area contributed by atoms with Gasteiger partial charge in [0, 0.05) is 5.38 Å². The average Bonchev–Trinajstić information content (AvgIpc) is 3.24. The van der Waals surface area contributed by atoms with Crippen molar-refractivity contribution < 1.29 is 23.5 Å².